The summed E-state index contributed by atoms with van der Waals surface area (Å²) in [4.78, 5) is 20.4. The van der Waals surface area contributed by atoms with Crippen LogP contribution < -0.4 is 4.90 Å². The van der Waals surface area contributed by atoms with E-state index in [0.717, 1.165) is 18.4 Å². The molecule has 34 heavy (non-hydrogen) atoms. The van der Waals surface area contributed by atoms with Crippen LogP contribution >= 0.6 is 0 Å². The Morgan fingerprint density at radius 3 is 2.59 bits per heavy atom. The highest BCUT2D eigenvalue weighted by Crippen LogP contribution is 2.40. The van der Waals surface area contributed by atoms with Crippen molar-refractivity contribution in [3.8, 4) is 0 Å². The predicted molar refractivity (Wildman–Crippen MR) is 117 cm³/mol. The van der Waals surface area contributed by atoms with Crippen LogP contribution in [0.25, 0.3) is 16.7 Å². The Kier molecular flexibility index (Phi) is 4.76. The van der Waals surface area contributed by atoms with E-state index in [1.807, 2.05) is 28.9 Å². The molecule has 3 aromatic rings. The predicted octanol–water partition coefficient (Wildman–Crippen LogP) is 4.02. The number of rotatable bonds is 4. The molecule has 0 radical (unpaired) electrons. The van der Waals surface area contributed by atoms with Gasteiger partial charge in [-0.1, -0.05) is 0 Å². The molecule has 176 valence electrons. The summed E-state index contributed by atoms with van der Waals surface area (Å²) >= 11 is 0. The molecular weight excluding hydrogens is 447 g/mol. The number of hydrogen-bond acceptors (Lipinski definition) is 7. The van der Waals surface area contributed by atoms with Gasteiger partial charge in [0.05, 0.1) is 42.4 Å². The zero-order valence-electron chi connectivity index (χ0n) is 18.7. The van der Waals surface area contributed by atoms with Gasteiger partial charge in [-0.15, -0.1) is 5.73 Å². The van der Waals surface area contributed by atoms with Gasteiger partial charge in [-0.25, -0.2) is 15.0 Å². The maximum atomic E-state index is 13.0. The topological polar surface area (TPSA) is 81.9 Å². The number of allylic oxidation sites excluding steroid dienone is 1. The van der Waals surface area contributed by atoms with Gasteiger partial charge in [-0.2, -0.15) is 23.3 Å². The average Bonchev–Trinajstić information content (AvgIpc) is 3.49. The summed E-state index contributed by atoms with van der Waals surface area (Å²) in [6.45, 7) is 5.16. The van der Waals surface area contributed by atoms with Gasteiger partial charge in [0.1, 0.15) is 17.3 Å². The second-order valence-electron chi connectivity index (χ2n) is 8.99. The molecule has 8 nitrogen and oxygen atoms in total. The third kappa shape index (κ3) is 3.74. The van der Waals surface area contributed by atoms with E-state index < -0.39 is 11.7 Å². The lowest BCUT2D eigenvalue weighted by atomic mass is 9.93. The summed E-state index contributed by atoms with van der Waals surface area (Å²) in [6, 6.07) is 0.482. The van der Waals surface area contributed by atoms with Gasteiger partial charge in [0, 0.05) is 30.3 Å². The highest BCUT2D eigenvalue weighted by atomic mass is 19.4. The second kappa shape index (κ2) is 7.61. The summed E-state index contributed by atoms with van der Waals surface area (Å²) < 4.78 is 47.1. The molecule has 1 atom stereocenters. The maximum Gasteiger partial charge on any atom is 0.420 e. The number of ether oxygens (including phenoxy) is 1. The summed E-state index contributed by atoms with van der Waals surface area (Å²) in [5.41, 5.74) is 5.62. The molecule has 0 N–H and O–H groups in total. The first-order valence-corrected chi connectivity index (χ1v) is 11.3. The number of alkyl halides is 3. The normalized spacial score (nSPS) is 20.9. The molecule has 2 fully saturated rings. The molecule has 11 heteroatoms. The number of aryl methyl sites for hydroxylation is 2. The van der Waals surface area contributed by atoms with Crippen LogP contribution in [-0.4, -0.2) is 55.6 Å². The summed E-state index contributed by atoms with van der Waals surface area (Å²) in [7, 11) is 0. The molecule has 1 aliphatic heterocycles. The first-order chi connectivity index (χ1) is 16.3. The molecule has 3 aliphatic rings. The van der Waals surface area contributed by atoms with Crippen molar-refractivity contribution >= 4 is 22.7 Å². The van der Waals surface area contributed by atoms with E-state index in [2.05, 4.69) is 30.8 Å². The largest absolute Gasteiger partial charge is 0.420 e. The number of nitrogens with zero attached hydrogens (tertiary/aromatic N) is 7. The van der Waals surface area contributed by atoms with Crippen molar-refractivity contribution in [3.05, 3.63) is 46.3 Å². The number of fused-ring (bicyclic) bond motifs is 1. The van der Waals surface area contributed by atoms with E-state index in [0.29, 0.717) is 65.5 Å². The van der Waals surface area contributed by atoms with Gasteiger partial charge in [-0.05, 0) is 26.7 Å². The zero-order chi connectivity index (χ0) is 23.6. The number of morpholine rings is 1. The van der Waals surface area contributed by atoms with E-state index >= 15 is 0 Å². The Balaban J connectivity index is 1.38. The lowest BCUT2D eigenvalue weighted by Crippen LogP contribution is -2.39. The number of aromatic nitrogens is 6. The third-order valence-corrected chi connectivity index (χ3v) is 6.48. The fraction of sp³-hybridized carbons (Fsp3) is 0.478. The lowest BCUT2D eigenvalue weighted by Gasteiger charge is -2.33. The van der Waals surface area contributed by atoms with Crippen molar-refractivity contribution < 1.29 is 17.9 Å². The van der Waals surface area contributed by atoms with Crippen LogP contribution in [0.5, 0.6) is 0 Å². The van der Waals surface area contributed by atoms with E-state index in [-0.39, 0.29) is 12.5 Å². The lowest BCUT2D eigenvalue weighted by molar-refractivity contribution is -0.0934. The highest BCUT2D eigenvalue weighted by molar-refractivity contribution is 5.88. The highest BCUT2D eigenvalue weighted by Gasteiger charge is 2.39. The van der Waals surface area contributed by atoms with E-state index in [9.17, 15) is 13.2 Å². The minimum atomic E-state index is -4.39. The standard InChI is InChI=1S/C23H22F3N7O/c1-12-13(2)29-21-20(28-12)19(14-7-16(8-14)23(24,25)26)30-22(31-21)32-5-6-34-18(11-32)15-9-27-33(10-15)17-3-4-17/h9-10,17-18H,3-7,11H2,1-2H3/t18-/m0/s1. The molecule has 3 aromatic heterocycles. The van der Waals surface area contributed by atoms with Gasteiger partial charge in [0.2, 0.25) is 5.95 Å². The molecule has 0 unspecified atom stereocenters. The number of hydrogen-bond donors (Lipinski definition) is 0. The van der Waals surface area contributed by atoms with Crippen LogP contribution in [0, 0.1) is 13.8 Å². The Hall–Kier alpha value is -3.30. The summed E-state index contributed by atoms with van der Waals surface area (Å²) in [5, 5.41) is 4.46. The minimum Gasteiger partial charge on any atom is -0.370 e. The molecule has 1 saturated carbocycles. The van der Waals surface area contributed by atoms with E-state index in [4.69, 9.17) is 4.74 Å². The molecular formula is C23H22F3N7O. The van der Waals surface area contributed by atoms with Crippen molar-refractivity contribution in [1.82, 2.24) is 29.7 Å². The SMILES string of the molecule is Cc1nc2nc(N3CCO[C@H](c4cnn(C5CC5)c4)C3)nc(C3=C=C(C(F)(F)F)C3)c2nc1C. The van der Waals surface area contributed by atoms with Gasteiger partial charge < -0.3 is 9.64 Å². The van der Waals surface area contributed by atoms with Crippen LogP contribution in [0.4, 0.5) is 19.1 Å². The van der Waals surface area contributed by atoms with Crippen LogP contribution in [0.2, 0.25) is 0 Å². The van der Waals surface area contributed by atoms with Crippen molar-refractivity contribution in [2.45, 2.75) is 51.4 Å². The molecule has 4 heterocycles. The van der Waals surface area contributed by atoms with Crippen molar-refractivity contribution in [2.24, 2.45) is 0 Å². The fourth-order valence-electron chi connectivity index (χ4n) is 4.20. The fourth-order valence-corrected chi connectivity index (χ4v) is 4.20. The molecule has 2 aliphatic carbocycles. The Morgan fingerprint density at radius 1 is 1.09 bits per heavy atom. The quantitative estimate of drug-likeness (QED) is 0.534. The van der Waals surface area contributed by atoms with Crippen molar-refractivity contribution in [3.63, 3.8) is 0 Å². The van der Waals surface area contributed by atoms with Gasteiger partial charge in [-0.3, -0.25) is 4.68 Å². The van der Waals surface area contributed by atoms with Crippen LogP contribution in [0.15, 0.2) is 23.7 Å². The average molecular weight is 469 g/mol. The minimum absolute atomic E-state index is 0.200. The van der Waals surface area contributed by atoms with Crippen molar-refractivity contribution in [1.29, 1.82) is 0 Å². The molecule has 6 rings (SSSR count). The van der Waals surface area contributed by atoms with E-state index in [1.165, 1.54) is 0 Å². The molecule has 0 amide bonds. The summed E-state index contributed by atoms with van der Waals surface area (Å²) in [5.74, 6) is 0.401. The summed E-state index contributed by atoms with van der Waals surface area (Å²) in [6.07, 6.45) is 1.30. The van der Waals surface area contributed by atoms with Gasteiger partial charge >= 0.3 is 6.18 Å². The second-order valence-corrected chi connectivity index (χ2v) is 8.99. The van der Waals surface area contributed by atoms with Crippen LogP contribution in [0.1, 0.15) is 54.1 Å². The van der Waals surface area contributed by atoms with Gasteiger partial charge in [0.15, 0.2) is 5.65 Å². The van der Waals surface area contributed by atoms with Crippen molar-refractivity contribution in [2.75, 3.05) is 24.6 Å². The smallest absolute Gasteiger partial charge is 0.370 e. The monoisotopic (exact) mass is 469 g/mol. The first-order valence-electron chi connectivity index (χ1n) is 11.3. The van der Waals surface area contributed by atoms with Gasteiger partial charge in [0.25, 0.3) is 0 Å². The third-order valence-electron chi connectivity index (χ3n) is 6.48. The molecule has 0 spiro atoms. The Bertz CT molecular complexity index is 1370. The van der Waals surface area contributed by atoms with Crippen LogP contribution in [-0.2, 0) is 4.74 Å². The molecule has 0 aromatic carbocycles. The first kappa shape index (κ1) is 21.2. The maximum absolute atomic E-state index is 13.0. The molecule has 1 saturated heterocycles. The Labute approximate surface area is 193 Å². The van der Waals surface area contributed by atoms with Crippen LogP contribution in [0.3, 0.4) is 0 Å². The number of anilines is 1. The number of halogens is 3. The Morgan fingerprint density at radius 2 is 1.85 bits per heavy atom. The van der Waals surface area contributed by atoms with E-state index in [1.54, 1.807) is 6.92 Å². The zero-order valence-corrected chi connectivity index (χ0v) is 18.7. The molecule has 0 bridgehead atoms.